The Morgan fingerprint density at radius 2 is 1.18 bits per heavy atom. The normalized spacial score (nSPS) is 11.2. The van der Waals surface area contributed by atoms with Crippen molar-refractivity contribution in [2.45, 2.75) is 51.6 Å². The number of alkyl halides is 2. The lowest BCUT2D eigenvalue weighted by Gasteiger charge is -1.99. The van der Waals surface area contributed by atoms with Crippen LogP contribution in [0.15, 0.2) is 24.3 Å². The van der Waals surface area contributed by atoms with Crippen molar-refractivity contribution in [3.05, 3.63) is 24.3 Å². The van der Waals surface area contributed by atoms with Gasteiger partial charge in [0.05, 0.1) is 13.1 Å². The lowest BCUT2D eigenvalue weighted by Crippen LogP contribution is -2.02. The van der Waals surface area contributed by atoms with E-state index in [-0.39, 0.29) is 0 Å². The van der Waals surface area contributed by atoms with Gasteiger partial charge in [-0.2, -0.15) is 9.59 Å². The van der Waals surface area contributed by atoms with Gasteiger partial charge < -0.3 is 0 Å². The van der Waals surface area contributed by atoms with E-state index in [1.54, 1.807) is 9.59 Å². The fraction of sp³-hybridized carbons (Fsp3) is 0.556. The molecule has 1 aromatic carbocycles. The number of benzene rings is 1. The van der Waals surface area contributed by atoms with Crippen LogP contribution in [0, 0.1) is 0 Å². The Labute approximate surface area is 181 Å². The zero-order chi connectivity index (χ0) is 19.6. The second kappa shape index (κ2) is 11.4. The highest BCUT2D eigenvalue weighted by Gasteiger charge is 2.10. The SMILES string of the molecule is BrCCCCCn1nnc(-c2cccc(-c3nnn(CCCCCBr)n3)c2)n1. The summed E-state index contributed by atoms with van der Waals surface area (Å²) in [5.74, 6) is 1.23. The van der Waals surface area contributed by atoms with E-state index in [1.165, 1.54) is 0 Å². The second-order valence-electron chi connectivity index (χ2n) is 6.50. The van der Waals surface area contributed by atoms with Crippen LogP contribution in [0.25, 0.3) is 22.8 Å². The van der Waals surface area contributed by atoms with E-state index in [4.69, 9.17) is 0 Å². The summed E-state index contributed by atoms with van der Waals surface area (Å²) in [6, 6.07) is 7.89. The van der Waals surface area contributed by atoms with Gasteiger partial charge in [-0.15, -0.1) is 20.4 Å². The molecule has 0 radical (unpaired) electrons. The van der Waals surface area contributed by atoms with E-state index in [2.05, 4.69) is 62.7 Å². The quantitative estimate of drug-likeness (QED) is 0.268. The molecule has 0 aliphatic carbocycles. The summed E-state index contributed by atoms with van der Waals surface area (Å²) >= 11 is 6.90. The van der Waals surface area contributed by atoms with Gasteiger partial charge in [-0.05, 0) is 42.2 Å². The maximum Gasteiger partial charge on any atom is 0.204 e. The van der Waals surface area contributed by atoms with Crippen molar-refractivity contribution < 1.29 is 0 Å². The molecule has 0 amide bonds. The van der Waals surface area contributed by atoms with Gasteiger partial charge in [-0.25, -0.2) is 0 Å². The molecule has 8 nitrogen and oxygen atoms in total. The molecule has 0 spiro atoms. The first-order chi connectivity index (χ1) is 13.8. The highest BCUT2D eigenvalue weighted by molar-refractivity contribution is 9.09. The van der Waals surface area contributed by atoms with Gasteiger partial charge >= 0.3 is 0 Å². The molecule has 0 saturated carbocycles. The number of aromatic nitrogens is 8. The minimum Gasteiger partial charge on any atom is -0.164 e. The highest BCUT2D eigenvalue weighted by atomic mass is 79.9. The molecule has 2 heterocycles. The van der Waals surface area contributed by atoms with Crippen molar-refractivity contribution in [3.63, 3.8) is 0 Å². The Morgan fingerprint density at radius 1 is 0.679 bits per heavy atom. The fourth-order valence-electron chi connectivity index (χ4n) is 2.75. The number of tetrazole rings is 2. The lowest BCUT2D eigenvalue weighted by molar-refractivity contribution is 0.487. The third-order valence-corrected chi connectivity index (χ3v) is 5.39. The maximum atomic E-state index is 4.49. The summed E-state index contributed by atoms with van der Waals surface area (Å²) in [5, 5.41) is 27.8. The van der Waals surface area contributed by atoms with Crippen LogP contribution in [0.4, 0.5) is 0 Å². The summed E-state index contributed by atoms with van der Waals surface area (Å²) < 4.78 is 0. The van der Waals surface area contributed by atoms with E-state index >= 15 is 0 Å². The van der Waals surface area contributed by atoms with Crippen molar-refractivity contribution in [2.24, 2.45) is 0 Å². The van der Waals surface area contributed by atoms with Crippen LogP contribution in [-0.4, -0.2) is 51.1 Å². The molecule has 0 atom stereocenters. The van der Waals surface area contributed by atoms with Gasteiger partial charge in [0.25, 0.3) is 0 Å². The number of rotatable bonds is 12. The number of unbranched alkanes of at least 4 members (excludes halogenated alkanes) is 4. The molecule has 0 fully saturated rings. The smallest absolute Gasteiger partial charge is 0.164 e. The zero-order valence-electron chi connectivity index (χ0n) is 15.7. The minimum absolute atomic E-state index is 0.615. The van der Waals surface area contributed by atoms with E-state index in [9.17, 15) is 0 Å². The monoisotopic (exact) mass is 510 g/mol. The first kappa shape index (κ1) is 21.0. The minimum atomic E-state index is 0.615. The topological polar surface area (TPSA) is 87.2 Å². The predicted octanol–water partition coefficient (Wildman–Crippen LogP) is 4.12. The zero-order valence-corrected chi connectivity index (χ0v) is 18.9. The number of nitrogens with zero attached hydrogens (tertiary/aromatic N) is 8. The molecule has 2 aromatic heterocycles. The fourth-order valence-corrected chi connectivity index (χ4v) is 3.55. The van der Waals surface area contributed by atoms with Gasteiger partial charge in [0.15, 0.2) is 0 Å². The van der Waals surface area contributed by atoms with Crippen molar-refractivity contribution >= 4 is 31.9 Å². The molecule has 3 rings (SSSR count). The molecule has 0 aliphatic rings. The first-order valence-electron chi connectivity index (χ1n) is 9.58. The third kappa shape index (κ3) is 6.16. The molecule has 0 bridgehead atoms. The van der Waals surface area contributed by atoms with Gasteiger partial charge in [0.2, 0.25) is 11.6 Å². The molecular formula is C18H24Br2N8. The van der Waals surface area contributed by atoms with Crippen LogP contribution in [0.5, 0.6) is 0 Å². The van der Waals surface area contributed by atoms with Gasteiger partial charge in [0, 0.05) is 21.8 Å². The summed E-state index contributed by atoms with van der Waals surface area (Å²) in [6.07, 6.45) is 6.71. The Kier molecular flexibility index (Phi) is 8.53. The Hall–Kier alpha value is -1.68. The number of hydrogen-bond acceptors (Lipinski definition) is 6. The number of aryl methyl sites for hydroxylation is 2. The van der Waals surface area contributed by atoms with Crippen molar-refractivity contribution in [2.75, 3.05) is 10.7 Å². The summed E-state index contributed by atoms with van der Waals surface area (Å²) in [5.41, 5.74) is 1.80. The molecule has 150 valence electrons. The van der Waals surface area contributed by atoms with Crippen molar-refractivity contribution in [3.8, 4) is 22.8 Å². The van der Waals surface area contributed by atoms with Gasteiger partial charge in [0.1, 0.15) is 0 Å². The van der Waals surface area contributed by atoms with Crippen LogP contribution in [0.2, 0.25) is 0 Å². The van der Waals surface area contributed by atoms with Crippen LogP contribution < -0.4 is 0 Å². The molecule has 0 unspecified atom stereocenters. The Bertz CT molecular complexity index is 782. The van der Waals surface area contributed by atoms with Crippen LogP contribution in [-0.2, 0) is 13.1 Å². The molecule has 3 aromatic rings. The van der Waals surface area contributed by atoms with E-state index in [0.29, 0.717) is 11.6 Å². The lowest BCUT2D eigenvalue weighted by atomic mass is 10.1. The first-order valence-corrected chi connectivity index (χ1v) is 11.8. The van der Waals surface area contributed by atoms with Crippen LogP contribution in [0.3, 0.4) is 0 Å². The largest absolute Gasteiger partial charge is 0.204 e. The van der Waals surface area contributed by atoms with Crippen molar-refractivity contribution in [1.82, 2.24) is 40.4 Å². The summed E-state index contributed by atoms with van der Waals surface area (Å²) in [4.78, 5) is 3.33. The van der Waals surface area contributed by atoms with Gasteiger partial charge in [-0.3, -0.25) is 0 Å². The standard InChI is InChI=1S/C18H24Br2N8/c19-10-3-1-5-12-27-23-17(21-25-27)15-8-7-9-16(14-15)18-22-26-28(24-18)13-6-2-4-11-20/h7-9,14H,1-6,10-13H2. The summed E-state index contributed by atoms with van der Waals surface area (Å²) in [6.45, 7) is 1.56. The molecule has 10 heteroatoms. The third-order valence-electron chi connectivity index (χ3n) is 4.27. The molecule has 28 heavy (non-hydrogen) atoms. The average molecular weight is 512 g/mol. The van der Waals surface area contributed by atoms with Crippen LogP contribution >= 0.6 is 31.9 Å². The Morgan fingerprint density at radius 3 is 1.64 bits per heavy atom. The van der Waals surface area contributed by atoms with Crippen molar-refractivity contribution in [1.29, 1.82) is 0 Å². The molecule has 0 saturated heterocycles. The highest BCUT2D eigenvalue weighted by Crippen LogP contribution is 2.21. The summed E-state index contributed by atoms with van der Waals surface area (Å²) in [7, 11) is 0. The number of hydrogen-bond donors (Lipinski definition) is 0. The van der Waals surface area contributed by atoms with Gasteiger partial charge in [-0.1, -0.05) is 62.9 Å². The number of halogens is 2. The van der Waals surface area contributed by atoms with E-state index in [0.717, 1.165) is 73.4 Å². The average Bonchev–Trinajstić information content (AvgIpc) is 3.39. The maximum absolute atomic E-state index is 4.49. The van der Waals surface area contributed by atoms with E-state index in [1.807, 2.05) is 24.3 Å². The van der Waals surface area contributed by atoms with Crippen LogP contribution in [0.1, 0.15) is 38.5 Å². The molecule has 0 N–H and O–H groups in total. The second-order valence-corrected chi connectivity index (χ2v) is 8.08. The Balaban J connectivity index is 1.63. The molecule has 0 aliphatic heterocycles. The predicted molar refractivity (Wildman–Crippen MR) is 115 cm³/mol. The molecular weight excluding hydrogens is 488 g/mol. The van der Waals surface area contributed by atoms with E-state index < -0.39 is 0 Å².